The summed E-state index contributed by atoms with van der Waals surface area (Å²) in [5.74, 6) is 1.65. The summed E-state index contributed by atoms with van der Waals surface area (Å²) in [4.78, 5) is 45.0. The predicted molar refractivity (Wildman–Crippen MR) is 244 cm³/mol. The fourth-order valence-electron chi connectivity index (χ4n) is 10.00. The zero-order valence-corrected chi connectivity index (χ0v) is 36.5. The smallest absolute Gasteiger partial charge is 0.319 e. The highest BCUT2D eigenvalue weighted by Gasteiger charge is 2.36. The first-order valence-electron chi connectivity index (χ1n) is 22.8. The summed E-state index contributed by atoms with van der Waals surface area (Å²) in [5, 5.41) is 29.4. The van der Waals surface area contributed by atoms with E-state index in [4.69, 9.17) is 29.3 Å². The summed E-state index contributed by atoms with van der Waals surface area (Å²) in [6, 6.07) is 12.2. The number of benzene rings is 3. The highest BCUT2D eigenvalue weighted by Crippen LogP contribution is 2.53. The van der Waals surface area contributed by atoms with E-state index < -0.39 is 12.1 Å². The van der Waals surface area contributed by atoms with Crippen LogP contribution in [0.3, 0.4) is 0 Å². The number of pyridine rings is 1. The van der Waals surface area contributed by atoms with Crippen LogP contribution in [0.5, 0.6) is 11.8 Å². The second kappa shape index (κ2) is 16.5. The molecule has 2 atom stereocenters. The molecule has 4 aromatic heterocycles. The van der Waals surface area contributed by atoms with E-state index in [0.717, 1.165) is 102 Å². The van der Waals surface area contributed by atoms with Gasteiger partial charge in [0, 0.05) is 90.9 Å². The highest BCUT2D eigenvalue weighted by atomic mass is 16.5. The van der Waals surface area contributed by atoms with Crippen molar-refractivity contribution in [2.75, 3.05) is 57.4 Å². The lowest BCUT2D eigenvalue weighted by Gasteiger charge is -2.31. The molecule has 7 heterocycles. The number of nitrogens with zero attached hydrogens (tertiary/aromatic N) is 7. The standard InChI is InChI=1S/C48H54N10O6/c1-26(2)43(47(61)57-15-10-30(59)23-57)58-24-36-32-8-5-28(20-38(32)51-46(60)42(36)55-58)25-63-44-40(39-27(3)4-9-37-35(39)22-50-54-37)33(29-6-7-29)21-34-41(44)52-48(64-31-11-18-62-19-12-31)53-45(34)56-16-13-49-14-17-56/h4-5,8-9,20-22,24,26,29-31,43,49,59H,6-7,10-19,23,25H2,1-3H3,(H,50,54)(H,51,60)/t30-,43?/m1/s1. The molecule has 7 aromatic rings. The van der Waals surface area contributed by atoms with Crippen molar-refractivity contribution in [1.29, 1.82) is 0 Å². The summed E-state index contributed by atoms with van der Waals surface area (Å²) in [6.07, 6.45) is 7.34. The van der Waals surface area contributed by atoms with Gasteiger partial charge in [0.15, 0.2) is 11.3 Å². The Morgan fingerprint density at radius 1 is 0.922 bits per heavy atom. The van der Waals surface area contributed by atoms with Crippen molar-refractivity contribution in [3.8, 4) is 22.9 Å². The molecule has 3 aromatic carbocycles. The van der Waals surface area contributed by atoms with Crippen LogP contribution in [0.15, 0.2) is 53.6 Å². The third kappa shape index (κ3) is 7.40. The summed E-state index contributed by atoms with van der Waals surface area (Å²) < 4.78 is 21.1. The monoisotopic (exact) mass is 866 g/mol. The molecule has 4 N–H and O–H groups in total. The molecule has 3 aliphatic heterocycles. The van der Waals surface area contributed by atoms with Crippen molar-refractivity contribution in [1.82, 2.24) is 45.1 Å². The van der Waals surface area contributed by atoms with Gasteiger partial charge in [-0.1, -0.05) is 32.0 Å². The van der Waals surface area contributed by atoms with Crippen LogP contribution < -0.4 is 25.2 Å². The molecular formula is C48H54N10O6. The molecule has 0 bridgehead atoms. The normalized spacial score (nSPS) is 19.2. The van der Waals surface area contributed by atoms with Crippen molar-refractivity contribution >= 4 is 55.3 Å². The fraction of sp³-hybridized carbons (Fsp3) is 0.458. The van der Waals surface area contributed by atoms with Crippen LogP contribution in [-0.2, 0) is 16.1 Å². The largest absolute Gasteiger partial charge is 0.486 e. The number of aliphatic hydroxyl groups is 1. The van der Waals surface area contributed by atoms with E-state index in [1.165, 1.54) is 5.56 Å². The molecule has 16 heteroatoms. The van der Waals surface area contributed by atoms with E-state index >= 15 is 0 Å². The molecule has 11 rings (SSSR count). The quantitative estimate of drug-likeness (QED) is 0.121. The molecule has 3 saturated heterocycles. The van der Waals surface area contributed by atoms with Crippen LogP contribution in [-0.4, -0.2) is 116 Å². The Hall–Kier alpha value is -6.10. The molecular weight excluding hydrogens is 813 g/mol. The molecule has 4 aliphatic rings. The topological polar surface area (TPSA) is 189 Å². The zero-order valence-electron chi connectivity index (χ0n) is 36.5. The van der Waals surface area contributed by atoms with Crippen molar-refractivity contribution < 1.29 is 24.1 Å². The second-order valence-corrected chi connectivity index (χ2v) is 18.3. The second-order valence-electron chi connectivity index (χ2n) is 18.3. The summed E-state index contributed by atoms with van der Waals surface area (Å²) in [5.41, 5.74) is 7.41. The number of fused-ring (bicyclic) bond motifs is 5. The van der Waals surface area contributed by atoms with Crippen LogP contribution in [0.2, 0.25) is 0 Å². The van der Waals surface area contributed by atoms with Crippen LogP contribution in [0.1, 0.15) is 74.6 Å². The first kappa shape index (κ1) is 40.7. The summed E-state index contributed by atoms with van der Waals surface area (Å²) >= 11 is 0. The van der Waals surface area contributed by atoms with E-state index in [9.17, 15) is 14.7 Å². The van der Waals surface area contributed by atoms with Crippen molar-refractivity contribution in [2.45, 2.75) is 83.6 Å². The van der Waals surface area contributed by atoms with Gasteiger partial charge < -0.3 is 39.4 Å². The van der Waals surface area contributed by atoms with Crippen molar-refractivity contribution in [3.05, 3.63) is 75.8 Å². The number of aliphatic hydroxyl groups excluding tert-OH is 1. The average Bonchev–Trinajstić information content (AvgIpc) is 3.61. The lowest BCUT2D eigenvalue weighted by Crippen LogP contribution is -2.44. The first-order valence-corrected chi connectivity index (χ1v) is 22.8. The Morgan fingerprint density at radius 3 is 2.52 bits per heavy atom. The molecule has 4 fully saturated rings. The third-order valence-electron chi connectivity index (χ3n) is 13.5. The maximum absolute atomic E-state index is 13.8. The summed E-state index contributed by atoms with van der Waals surface area (Å²) in [7, 11) is 0. The number of β-amino-alcohol motifs (C(OH)–C–C–N with tert-alkyl or cyclic N) is 1. The van der Waals surface area contributed by atoms with Crippen molar-refractivity contribution in [3.63, 3.8) is 0 Å². The molecule has 0 spiro atoms. The Bertz CT molecular complexity index is 2980. The van der Waals surface area contributed by atoms with E-state index in [0.29, 0.717) is 66.8 Å². The molecule has 16 nitrogen and oxygen atoms in total. The van der Waals surface area contributed by atoms with Gasteiger partial charge >= 0.3 is 6.01 Å². The Balaban J connectivity index is 1.04. The number of rotatable bonds is 11. The number of aryl methyl sites for hydroxylation is 1. The van der Waals surface area contributed by atoms with E-state index in [1.807, 2.05) is 44.4 Å². The minimum Gasteiger partial charge on any atom is -0.486 e. The van der Waals surface area contributed by atoms with Gasteiger partial charge in [0.25, 0.3) is 5.56 Å². The molecule has 332 valence electrons. The van der Waals surface area contributed by atoms with Gasteiger partial charge in [-0.05, 0) is 78.5 Å². The number of aromatic nitrogens is 7. The third-order valence-corrected chi connectivity index (χ3v) is 13.5. The van der Waals surface area contributed by atoms with Gasteiger partial charge in [-0.15, -0.1) is 0 Å². The van der Waals surface area contributed by atoms with Crippen molar-refractivity contribution in [2.24, 2.45) is 5.92 Å². The number of hydrogen-bond acceptors (Lipinski definition) is 12. The van der Waals surface area contributed by atoms with Crippen LogP contribution in [0.4, 0.5) is 5.82 Å². The van der Waals surface area contributed by atoms with Crippen LogP contribution in [0, 0.1) is 12.8 Å². The van der Waals surface area contributed by atoms with Gasteiger partial charge in [0.1, 0.15) is 30.1 Å². The minimum absolute atomic E-state index is 0.0623. The molecule has 0 radical (unpaired) electrons. The van der Waals surface area contributed by atoms with Gasteiger partial charge in [0.05, 0.1) is 31.0 Å². The number of likely N-dealkylation sites (tertiary alicyclic amines) is 1. The zero-order chi connectivity index (χ0) is 43.6. The minimum atomic E-state index is -0.620. The van der Waals surface area contributed by atoms with Gasteiger partial charge in [-0.2, -0.15) is 20.2 Å². The van der Waals surface area contributed by atoms with Crippen LogP contribution in [0.25, 0.3) is 54.7 Å². The lowest BCUT2D eigenvalue weighted by molar-refractivity contribution is -0.135. The summed E-state index contributed by atoms with van der Waals surface area (Å²) in [6.45, 7) is 11.6. The molecule has 1 unspecified atom stereocenters. The average molecular weight is 867 g/mol. The number of anilines is 1. The number of hydrogen-bond donors (Lipinski definition) is 4. The Kier molecular flexibility index (Phi) is 10.5. The van der Waals surface area contributed by atoms with Gasteiger partial charge in [-0.25, -0.2) is 0 Å². The Morgan fingerprint density at radius 2 is 1.75 bits per heavy atom. The van der Waals surface area contributed by atoms with Crippen LogP contribution >= 0.6 is 0 Å². The maximum Gasteiger partial charge on any atom is 0.319 e. The molecule has 1 saturated carbocycles. The van der Waals surface area contributed by atoms with E-state index in [2.05, 4.69) is 50.5 Å². The number of nitrogens with one attached hydrogen (secondary N) is 3. The lowest BCUT2D eigenvalue weighted by atomic mass is 9.89. The van der Waals surface area contributed by atoms with E-state index in [1.54, 1.807) is 9.58 Å². The fourth-order valence-corrected chi connectivity index (χ4v) is 10.00. The number of carbonyl (C=O) groups excluding carboxylic acids is 1. The number of ether oxygens (including phenoxy) is 3. The number of amides is 1. The predicted octanol–water partition coefficient (Wildman–Crippen LogP) is 5.89. The Labute approximate surface area is 369 Å². The molecule has 64 heavy (non-hydrogen) atoms. The first-order chi connectivity index (χ1) is 31.2. The molecule has 1 aliphatic carbocycles. The van der Waals surface area contributed by atoms with Gasteiger partial charge in [0.2, 0.25) is 5.91 Å². The highest BCUT2D eigenvalue weighted by molar-refractivity contribution is 6.06. The number of aromatic amines is 2. The number of carbonyl (C=O) groups is 1. The van der Waals surface area contributed by atoms with Gasteiger partial charge in [-0.3, -0.25) is 19.4 Å². The molecule has 1 amide bonds. The maximum atomic E-state index is 13.8. The number of H-pyrrole nitrogens is 2. The SMILES string of the molecule is Cc1ccc2[nH]ncc2c1-c1c(C2CC2)cc2c(N3CCNCC3)nc(OC3CCOCC3)nc2c1OCc1ccc2c(c1)[nH]c(=O)c1nn(C(C(=O)N3CC[C@@H](O)C3)C(C)C)cc12. The van der Waals surface area contributed by atoms with E-state index in [-0.39, 0.29) is 35.6 Å². The number of piperazine rings is 1.